The SMILES string of the molecule is COc1ccc(-n2c3ccccc3c(=O)c3c(N)[nH]nc32)cc1. The molecule has 3 N–H and O–H groups in total. The van der Waals surface area contributed by atoms with Gasteiger partial charge in [0.25, 0.3) is 0 Å². The summed E-state index contributed by atoms with van der Waals surface area (Å²) in [5.74, 6) is 1.04. The number of ether oxygens (including phenoxy) is 1. The number of hydrogen-bond acceptors (Lipinski definition) is 4. The molecule has 0 unspecified atom stereocenters. The number of nitrogens with two attached hydrogens (primary N) is 1. The van der Waals surface area contributed by atoms with E-state index < -0.39 is 0 Å². The lowest BCUT2D eigenvalue weighted by molar-refractivity contribution is 0.415. The Labute approximate surface area is 131 Å². The van der Waals surface area contributed by atoms with Crippen LogP contribution in [0.15, 0.2) is 53.3 Å². The Morgan fingerprint density at radius 1 is 1.13 bits per heavy atom. The summed E-state index contributed by atoms with van der Waals surface area (Å²) in [5.41, 5.74) is 7.95. The predicted molar refractivity (Wildman–Crippen MR) is 90.2 cm³/mol. The Kier molecular flexibility index (Phi) is 2.84. The topological polar surface area (TPSA) is 85.9 Å². The first kappa shape index (κ1) is 13.4. The number of aromatic nitrogens is 3. The first-order valence-corrected chi connectivity index (χ1v) is 7.12. The Balaban J connectivity index is 2.18. The fraction of sp³-hybridized carbons (Fsp3) is 0.0588. The second-order valence-corrected chi connectivity index (χ2v) is 5.22. The van der Waals surface area contributed by atoms with Crippen molar-refractivity contribution in [3.63, 3.8) is 0 Å². The van der Waals surface area contributed by atoms with E-state index in [0.717, 1.165) is 17.0 Å². The third-order valence-electron chi connectivity index (χ3n) is 3.93. The van der Waals surface area contributed by atoms with Gasteiger partial charge in [-0.1, -0.05) is 12.1 Å². The highest BCUT2D eigenvalue weighted by molar-refractivity contribution is 5.98. The average molecular weight is 306 g/mol. The molecule has 114 valence electrons. The van der Waals surface area contributed by atoms with Crippen LogP contribution in [-0.2, 0) is 0 Å². The number of nitrogens with zero attached hydrogens (tertiary/aromatic N) is 2. The zero-order valence-corrected chi connectivity index (χ0v) is 12.4. The lowest BCUT2D eigenvalue weighted by Gasteiger charge is -2.12. The number of methoxy groups -OCH3 is 1. The minimum atomic E-state index is -0.119. The van der Waals surface area contributed by atoms with Crippen LogP contribution in [0.5, 0.6) is 5.75 Å². The molecule has 0 atom stereocenters. The molecule has 6 nitrogen and oxygen atoms in total. The van der Waals surface area contributed by atoms with Crippen molar-refractivity contribution in [3.8, 4) is 11.4 Å². The van der Waals surface area contributed by atoms with Gasteiger partial charge in [-0.2, -0.15) is 5.10 Å². The van der Waals surface area contributed by atoms with E-state index in [0.29, 0.717) is 16.4 Å². The maximum atomic E-state index is 12.7. The minimum absolute atomic E-state index is 0.119. The van der Waals surface area contributed by atoms with Gasteiger partial charge in [0.05, 0.1) is 12.6 Å². The number of pyridine rings is 1. The molecular formula is C17H14N4O2. The Bertz CT molecular complexity index is 1080. The number of nitrogen functional groups attached to an aromatic ring is 1. The Morgan fingerprint density at radius 3 is 2.61 bits per heavy atom. The summed E-state index contributed by atoms with van der Waals surface area (Å²) in [5, 5.41) is 7.94. The van der Waals surface area contributed by atoms with Crippen LogP contribution < -0.4 is 15.9 Å². The van der Waals surface area contributed by atoms with Crippen LogP contribution in [0.25, 0.3) is 27.6 Å². The summed E-state index contributed by atoms with van der Waals surface area (Å²) in [7, 11) is 1.62. The molecular weight excluding hydrogens is 292 g/mol. The molecule has 0 aliphatic carbocycles. The van der Waals surface area contributed by atoms with Crippen molar-refractivity contribution in [2.75, 3.05) is 12.8 Å². The summed E-state index contributed by atoms with van der Waals surface area (Å²) in [6.45, 7) is 0. The van der Waals surface area contributed by atoms with E-state index in [2.05, 4.69) is 10.2 Å². The second kappa shape index (κ2) is 4.88. The zero-order chi connectivity index (χ0) is 16.0. The predicted octanol–water partition coefficient (Wildman–Crippen LogP) is 2.46. The molecule has 0 saturated carbocycles. The molecule has 0 amide bonds. The molecule has 0 radical (unpaired) electrons. The van der Waals surface area contributed by atoms with Gasteiger partial charge in [-0.05, 0) is 36.4 Å². The number of nitrogens with one attached hydrogen (secondary N) is 1. The summed E-state index contributed by atoms with van der Waals surface area (Å²) >= 11 is 0. The number of para-hydroxylation sites is 1. The largest absolute Gasteiger partial charge is 0.497 e. The average Bonchev–Trinajstić information content (AvgIpc) is 2.98. The van der Waals surface area contributed by atoms with Gasteiger partial charge < -0.3 is 10.5 Å². The molecule has 2 aromatic heterocycles. The molecule has 4 rings (SSSR count). The number of aromatic amines is 1. The molecule has 0 saturated heterocycles. The van der Waals surface area contributed by atoms with Crippen molar-refractivity contribution in [3.05, 3.63) is 58.8 Å². The maximum Gasteiger partial charge on any atom is 0.202 e. The van der Waals surface area contributed by atoms with E-state index in [1.807, 2.05) is 47.0 Å². The van der Waals surface area contributed by atoms with Crippen molar-refractivity contribution in [2.45, 2.75) is 0 Å². The van der Waals surface area contributed by atoms with Crippen LogP contribution in [0.3, 0.4) is 0 Å². The van der Waals surface area contributed by atoms with Crippen LogP contribution in [0.2, 0.25) is 0 Å². The van der Waals surface area contributed by atoms with Crippen LogP contribution in [0.4, 0.5) is 5.82 Å². The third-order valence-corrected chi connectivity index (χ3v) is 3.93. The van der Waals surface area contributed by atoms with Crippen molar-refractivity contribution in [2.24, 2.45) is 0 Å². The van der Waals surface area contributed by atoms with Gasteiger partial charge in [0.1, 0.15) is 17.0 Å². The first-order chi connectivity index (χ1) is 11.2. The van der Waals surface area contributed by atoms with Gasteiger partial charge in [0.2, 0.25) is 5.43 Å². The molecule has 0 aliphatic rings. The van der Waals surface area contributed by atoms with E-state index in [1.165, 1.54) is 0 Å². The highest BCUT2D eigenvalue weighted by Crippen LogP contribution is 2.25. The molecule has 0 aliphatic heterocycles. The lowest BCUT2D eigenvalue weighted by Crippen LogP contribution is -2.10. The number of hydrogen-bond donors (Lipinski definition) is 2. The Hall–Kier alpha value is -3.28. The maximum absolute atomic E-state index is 12.7. The number of rotatable bonds is 2. The van der Waals surface area contributed by atoms with Gasteiger partial charge in [-0.3, -0.25) is 14.5 Å². The number of benzene rings is 2. The van der Waals surface area contributed by atoms with E-state index in [1.54, 1.807) is 13.2 Å². The van der Waals surface area contributed by atoms with E-state index in [9.17, 15) is 4.79 Å². The molecule has 2 heterocycles. The monoisotopic (exact) mass is 306 g/mol. The molecule has 0 spiro atoms. The van der Waals surface area contributed by atoms with Crippen molar-refractivity contribution in [1.29, 1.82) is 0 Å². The zero-order valence-electron chi connectivity index (χ0n) is 12.4. The quantitative estimate of drug-likeness (QED) is 0.595. The van der Waals surface area contributed by atoms with Crippen LogP contribution >= 0.6 is 0 Å². The first-order valence-electron chi connectivity index (χ1n) is 7.12. The smallest absolute Gasteiger partial charge is 0.202 e. The number of anilines is 1. The lowest BCUT2D eigenvalue weighted by atomic mass is 10.1. The molecule has 23 heavy (non-hydrogen) atoms. The molecule has 6 heteroatoms. The second-order valence-electron chi connectivity index (χ2n) is 5.22. The summed E-state index contributed by atoms with van der Waals surface area (Å²) in [4.78, 5) is 12.7. The van der Waals surface area contributed by atoms with Gasteiger partial charge in [-0.15, -0.1) is 0 Å². The normalized spacial score (nSPS) is 11.2. The van der Waals surface area contributed by atoms with Gasteiger partial charge in [0, 0.05) is 11.1 Å². The van der Waals surface area contributed by atoms with Gasteiger partial charge >= 0.3 is 0 Å². The van der Waals surface area contributed by atoms with E-state index in [4.69, 9.17) is 10.5 Å². The van der Waals surface area contributed by atoms with E-state index in [-0.39, 0.29) is 11.2 Å². The van der Waals surface area contributed by atoms with Crippen LogP contribution in [0, 0.1) is 0 Å². The molecule has 0 fully saturated rings. The van der Waals surface area contributed by atoms with Crippen LogP contribution in [0.1, 0.15) is 0 Å². The standard InChI is InChI=1S/C17H14N4O2/c1-23-11-8-6-10(7-9-11)21-13-5-3-2-4-12(13)15(22)14-16(18)19-20-17(14)21/h2-9H,1H3,(H3,18,19,20). The highest BCUT2D eigenvalue weighted by atomic mass is 16.5. The number of fused-ring (bicyclic) bond motifs is 2. The summed E-state index contributed by atoms with van der Waals surface area (Å²) in [6, 6.07) is 15.0. The third kappa shape index (κ3) is 1.88. The number of H-pyrrole nitrogens is 1. The highest BCUT2D eigenvalue weighted by Gasteiger charge is 2.16. The van der Waals surface area contributed by atoms with Gasteiger partial charge in [0.15, 0.2) is 5.65 Å². The van der Waals surface area contributed by atoms with Crippen molar-refractivity contribution >= 4 is 27.8 Å². The fourth-order valence-corrected chi connectivity index (χ4v) is 2.83. The van der Waals surface area contributed by atoms with Crippen LogP contribution in [-0.4, -0.2) is 21.9 Å². The molecule has 0 bridgehead atoms. The summed E-state index contributed by atoms with van der Waals surface area (Å²) in [6.07, 6.45) is 0. The van der Waals surface area contributed by atoms with Gasteiger partial charge in [-0.25, -0.2) is 0 Å². The Morgan fingerprint density at radius 2 is 1.87 bits per heavy atom. The van der Waals surface area contributed by atoms with E-state index >= 15 is 0 Å². The fourth-order valence-electron chi connectivity index (χ4n) is 2.83. The minimum Gasteiger partial charge on any atom is -0.497 e. The molecule has 4 aromatic rings. The van der Waals surface area contributed by atoms with Crippen molar-refractivity contribution < 1.29 is 4.74 Å². The van der Waals surface area contributed by atoms with Crippen molar-refractivity contribution in [1.82, 2.24) is 14.8 Å². The molecule has 2 aromatic carbocycles. The summed E-state index contributed by atoms with van der Waals surface area (Å²) < 4.78 is 7.12.